The lowest BCUT2D eigenvalue weighted by Gasteiger charge is -2.42. The number of amides is 2. The molecule has 1 aromatic heterocycles. The maximum Gasteiger partial charge on any atom is 0.303 e. The van der Waals surface area contributed by atoms with Gasteiger partial charge in [0, 0.05) is 18.8 Å². The minimum Gasteiger partial charge on any atom is -0.481 e. The molecule has 1 fully saturated rings. The largest absolute Gasteiger partial charge is 0.481 e. The summed E-state index contributed by atoms with van der Waals surface area (Å²) in [7, 11) is 0. The fraction of sp³-hybridized carbons (Fsp3) is 0.500. The second-order valence-corrected chi connectivity index (χ2v) is 6.09. The first-order valence-corrected chi connectivity index (χ1v) is 8.43. The number of hydrogen-bond acceptors (Lipinski definition) is 9. The molecule has 2 heterocycles. The SMILES string of the molecule is O=C(O)CCC(=O)NC1C(NNC(=O)c2cccnc2)OC(CO)C(O)C1O. The summed E-state index contributed by atoms with van der Waals surface area (Å²) in [4.78, 5) is 38.4. The van der Waals surface area contributed by atoms with Crippen LogP contribution in [0.5, 0.6) is 0 Å². The molecule has 0 radical (unpaired) electrons. The van der Waals surface area contributed by atoms with Crippen LogP contribution in [0.2, 0.25) is 0 Å². The molecule has 0 saturated carbocycles. The number of hydrogen-bond donors (Lipinski definition) is 7. The van der Waals surface area contributed by atoms with Gasteiger partial charge in [-0.25, -0.2) is 5.43 Å². The van der Waals surface area contributed by atoms with Crippen molar-refractivity contribution in [1.29, 1.82) is 0 Å². The van der Waals surface area contributed by atoms with E-state index in [1.807, 2.05) is 0 Å². The van der Waals surface area contributed by atoms with E-state index in [9.17, 15) is 29.7 Å². The predicted octanol–water partition coefficient (Wildman–Crippen LogP) is -2.90. The maximum absolute atomic E-state index is 12.1. The number of aliphatic hydroxyl groups is 3. The molecule has 12 nitrogen and oxygen atoms in total. The molecule has 0 spiro atoms. The summed E-state index contributed by atoms with van der Waals surface area (Å²) in [6, 6.07) is 1.83. The summed E-state index contributed by atoms with van der Waals surface area (Å²) < 4.78 is 5.41. The zero-order valence-corrected chi connectivity index (χ0v) is 14.7. The molecule has 5 unspecified atom stereocenters. The summed E-state index contributed by atoms with van der Waals surface area (Å²) in [6.45, 7) is -0.618. The smallest absolute Gasteiger partial charge is 0.303 e. The summed E-state index contributed by atoms with van der Waals surface area (Å²) >= 11 is 0. The first-order valence-electron chi connectivity index (χ1n) is 8.43. The van der Waals surface area contributed by atoms with E-state index in [0.29, 0.717) is 0 Å². The van der Waals surface area contributed by atoms with Crippen LogP contribution in [0.1, 0.15) is 23.2 Å². The molecule has 1 aliphatic heterocycles. The minimum atomic E-state index is -1.55. The van der Waals surface area contributed by atoms with Crippen molar-refractivity contribution in [2.24, 2.45) is 0 Å². The Balaban J connectivity index is 2.05. The molecule has 7 N–H and O–H groups in total. The number of carbonyl (C=O) groups is 3. The molecule has 2 amide bonds. The second-order valence-electron chi connectivity index (χ2n) is 6.09. The Bertz CT molecular complexity index is 688. The molecule has 0 aromatic carbocycles. The third-order valence-electron chi connectivity index (χ3n) is 4.07. The highest BCUT2D eigenvalue weighted by Gasteiger charge is 2.45. The molecular weight excluding hydrogens is 376 g/mol. The van der Waals surface area contributed by atoms with Gasteiger partial charge in [0.25, 0.3) is 5.91 Å². The van der Waals surface area contributed by atoms with Gasteiger partial charge in [0.2, 0.25) is 5.91 Å². The first-order chi connectivity index (χ1) is 13.3. The fourth-order valence-electron chi connectivity index (χ4n) is 2.59. The summed E-state index contributed by atoms with van der Waals surface area (Å²) in [6.07, 6.45) is -3.42. The lowest BCUT2D eigenvalue weighted by molar-refractivity contribution is -0.204. The van der Waals surface area contributed by atoms with Crippen molar-refractivity contribution in [2.45, 2.75) is 43.4 Å². The number of nitrogens with one attached hydrogen (secondary N) is 3. The molecule has 2 rings (SSSR count). The number of carbonyl (C=O) groups excluding carboxylic acids is 2. The quantitative estimate of drug-likeness (QED) is 0.224. The van der Waals surface area contributed by atoms with Crippen molar-refractivity contribution in [1.82, 2.24) is 21.2 Å². The molecule has 28 heavy (non-hydrogen) atoms. The molecule has 5 atom stereocenters. The van der Waals surface area contributed by atoms with Gasteiger partial charge in [0.05, 0.1) is 24.6 Å². The van der Waals surface area contributed by atoms with Crippen molar-refractivity contribution in [3.63, 3.8) is 0 Å². The minimum absolute atomic E-state index is 0.229. The average Bonchev–Trinajstić information content (AvgIpc) is 2.69. The molecule has 1 aliphatic rings. The number of aromatic nitrogens is 1. The van der Waals surface area contributed by atoms with Gasteiger partial charge in [-0.2, -0.15) is 0 Å². The number of rotatable bonds is 8. The number of hydrazine groups is 1. The average molecular weight is 398 g/mol. The van der Waals surface area contributed by atoms with Crippen LogP contribution in [0.3, 0.4) is 0 Å². The lowest BCUT2D eigenvalue weighted by Crippen LogP contribution is -2.69. The van der Waals surface area contributed by atoms with Crippen molar-refractivity contribution >= 4 is 17.8 Å². The third-order valence-corrected chi connectivity index (χ3v) is 4.07. The Morgan fingerprint density at radius 2 is 1.93 bits per heavy atom. The van der Waals surface area contributed by atoms with Crippen molar-refractivity contribution in [2.75, 3.05) is 6.61 Å². The van der Waals surface area contributed by atoms with E-state index in [4.69, 9.17) is 9.84 Å². The molecule has 1 saturated heterocycles. The first kappa shape index (κ1) is 21.7. The van der Waals surface area contributed by atoms with E-state index < -0.39 is 61.4 Å². The van der Waals surface area contributed by atoms with Crippen LogP contribution < -0.4 is 16.2 Å². The van der Waals surface area contributed by atoms with Crippen molar-refractivity contribution in [3.8, 4) is 0 Å². The van der Waals surface area contributed by atoms with Gasteiger partial charge in [-0.15, -0.1) is 0 Å². The van der Waals surface area contributed by atoms with E-state index in [2.05, 4.69) is 21.2 Å². The van der Waals surface area contributed by atoms with Gasteiger partial charge in [-0.1, -0.05) is 0 Å². The van der Waals surface area contributed by atoms with Gasteiger partial charge in [-0.3, -0.25) is 24.8 Å². The Morgan fingerprint density at radius 3 is 2.54 bits per heavy atom. The molecule has 154 valence electrons. The van der Waals surface area contributed by atoms with Crippen molar-refractivity contribution in [3.05, 3.63) is 30.1 Å². The van der Waals surface area contributed by atoms with Gasteiger partial charge in [0.1, 0.15) is 24.5 Å². The van der Waals surface area contributed by atoms with Crippen LogP contribution in [0.15, 0.2) is 24.5 Å². The number of carboxylic acid groups (broad SMARTS) is 1. The van der Waals surface area contributed by atoms with E-state index in [1.165, 1.54) is 18.5 Å². The van der Waals surface area contributed by atoms with Gasteiger partial charge in [0.15, 0.2) is 0 Å². The number of nitrogens with zero attached hydrogens (tertiary/aromatic N) is 1. The van der Waals surface area contributed by atoms with E-state index >= 15 is 0 Å². The molecule has 0 bridgehead atoms. The zero-order valence-electron chi connectivity index (χ0n) is 14.7. The third kappa shape index (κ3) is 5.68. The second kappa shape index (κ2) is 10.1. The summed E-state index contributed by atoms with van der Waals surface area (Å²) in [5.41, 5.74) is 5.05. The zero-order chi connectivity index (χ0) is 20.7. The Morgan fingerprint density at radius 1 is 1.18 bits per heavy atom. The topological polar surface area (TPSA) is 190 Å². The highest BCUT2D eigenvalue weighted by molar-refractivity contribution is 5.93. The van der Waals surface area contributed by atoms with Crippen LogP contribution in [-0.2, 0) is 14.3 Å². The van der Waals surface area contributed by atoms with Crippen LogP contribution >= 0.6 is 0 Å². The summed E-state index contributed by atoms with van der Waals surface area (Å²) in [5.74, 6) is -2.45. The van der Waals surface area contributed by atoms with Crippen LogP contribution in [-0.4, -0.2) is 80.4 Å². The van der Waals surface area contributed by atoms with Crippen LogP contribution in [0, 0.1) is 0 Å². The Kier molecular flexibility index (Phi) is 7.78. The fourth-order valence-corrected chi connectivity index (χ4v) is 2.59. The molecular formula is C16H22N4O8. The predicted molar refractivity (Wildman–Crippen MR) is 91.4 cm³/mol. The number of aliphatic carboxylic acids is 1. The van der Waals surface area contributed by atoms with Crippen molar-refractivity contribution < 1.29 is 39.5 Å². The number of carboxylic acids is 1. The molecule has 12 heteroatoms. The lowest BCUT2D eigenvalue weighted by atomic mass is 9.96. The standard InChI is InChI=1S/C16H22N4O8/c21-7-9-13(25)14(26)12(18-10(22)3-4-11(23)24)16(28-9)20-19-15(27)8-2-1-5-17-6-8/h1-2,5-6,9,12-14,16,20-21,25-26H,3-4,7H2,(H,18,22)(H,19,27)(H,23,24). The molecule has 1 aromatic rings. The van der Waals surface area contributed by atoms with E-state index in [1.54, 1.807) is 6.07 Å². The van der Waals surface area contributed by atoms with Gasteiger partial charge >= 0.3 is 5.97 Å². The monoisotopic (exact) mass is 398 g/mol. The number of pyridine rings is 1. The number of aliphatic hydroxyl groups excluding tert-OH is 3. The van der Waals surface area contributed by atoms with Crippen LogP contribution in [0.4, 0.5) is 0 Å². The number of ether oxygens (including phenoxy) is 1. The van der Waals surface area contributed by atoms with E-state index in [0.717, 1.165) is 0 Å². The van der Waals surface area contributed by atoms with E-state index in [-0.39, 0.29) is 12.0 Å². The van der Waals surface area contributed by atoms with Crippen LogP contribution in [0.25, 0.3) is 0 Å². The maximum atomic E-state index is 12.1. The Labute approximate surface area is 159 Å². The van der Waals surface area contributed by atoms with Gasteiger partial charge < -0.3 is 30.5 Å². The molecule has 0 aliphatic carbocycles. The Hall–Kier alpha value is -2.64. The van der Waals surface area contributed by atoms with Gasteiger partial charge in [-0.05, 0) is 12.1 Å². The highest BCUT2D eigenvalue weighted by atomic mass is 16.5. The highest BCUT2D eigenvalue weighted by Crippen LogP contribution is 2.20. The normalized spacial score (nSPS) is 27.0. The summed E-state index contributed by atoms with van der Waals surface area (Å²) in [5, 5.41) is 40.6.